The molecule has 1 saturated heterocycles. The lowest BCUT2D eigenvalue weighted by Gasteiger charge is -2.33. The van der Waals surface area contributed by atoms with Crippen LogP contribution in [0.4, 0.5) is 0 Å². The van der Waals surface area contributed by atoms with E-state index in [1.54, 1.807) is 0 Å². The Morgan fingerprint density at radius 3 is 2.74 bits per heavy atom. The fourth-order valence-corrected chi connectivity index (χ4v) is 3.45. The maximum absolute atomic E-state index is 12.2. The van der Waals surface area contributed by atoms with Crippen LogP contribution in [0.5, 0.6) is 0 Å². The summed E-state index contributed by atoms with van der Waals surface area (Å²) in [5, 5.41) is 3.08. The molecule has 0 radical (unpaired) electrons. The van der Waals surface area contributed by atoms with Crippen molar-refractivity contribution in [2.24, 2.45) is 0 Å². The third-order valence-electron chi connectivity index (χ3n) is 4.91. The summed E-state index contributed by atoms with van der Waals surface area (Å²) in [7, 11) is 0. The summed E-state index contributed by atoms with van der Waals surface area (Å²) >= 11 is 0. The summed E-state index contributed by atoms with van der Waals surface area (Å²) in [6.07, 6.45) is 4.69. The van der Waals surface area contributed by atoms with Gasteiger partial charge in [-0.1, -0.05) is 30.3 Å². The molecule has 1 aliphatic heterocycles. The predicted molar refractivity (Wildman–Crippen MR) is 104 cm³/mol. The first-order valence-corrected chi connectivity index (χ1v) is 9.45. The van der Waals surface area contributed by atoms with Crippen LogP contribution < -0.4 is 16.6 Å². The van der Waals surface area contributed by atoms with Gasteiger partial charge in [0.15, 0.2) is 0 Å². The normalized spacial score (nSPS) is 17.6. The molecule has 0 spiro atoms. The first-order valence-electron chi connectivity index (χ1n) is 9.45. The Bertz CT molecular complexity index is 859. The Hall–Kier alpha value is -2.67. The van der Waals surface area contributed by atoms with Gasteiger partial charge in [-0.25, -0.2) is 4.79 Å². The van der Waals surface area contributed by atoms with E-state index >= 15 is 0 Å². The molecule has 1 fully saturated rings. The molecule has 7 heteroatoms. The van der Waals surface area contributed by atoms with Crippen molar-refractivity contribution < 1.29 is 4.79 Å². The highest BCUT2D eigenvalue weighted by molar-refractivity contribution is 5.76. The third kappa shape index (κ3) is 5.92. The van der Waals surface area contributed by atoms with E-state index in [2.05, 4.69) is 39.5 Å². The van der Waals surface area contributed by atoms with Crippen LogP contribution in [0.2, 0.25) is 0 Å². The van der Waals surface area contributed by atoms with E-state index in [0.29, 0.717) is 0 Å². The minimum Gasteiger partial charge on any atom is -0.352 e. The Morgan fingerprint density at radius 2 is 1.96 bits per heavy atom. The maximum atomic E-state index is 12.2. The molecule has 144 valence electrons. The van der Waals surface area contributed by atoms with Crippen molar-refractivity contribution in [1.82, 2.24) is 19.8 Å². The van der Waals surface area contributed by atoms with Gasteiger partial charge in [0.1, 0.15) is 0 Å². The zero-order valence-electron chi connectivity index (χ0n) is 15.4. The van der Waals surface area contributed by atoms with Crippen LogP contribution in [0.15, 0.2) is 52.2 Å². The number of nitrogens with zero attached hydrogens (tertiary/aromatic N) is 2. The number of benzene rings is 1. The molecule has 0 bridgehead atoms. The largest absolute Gasteiger partial charge is 0.352 e. The van der Waals surface area contributed by atoms with E-state index in [9.17, 15) is 14.4 Å². The molecule has 1 amide bonds. The lowest BCUT2D eigenvalue weighted by molar-refractivity contribution is -0.122. The van der Waals surface area contributed by atoms with Gasteiger partial charge in [0.2, 0.25) is 5.91 Å². The first kappa shape index (κ1) is 19.1. The lowest BCUT2D eigenvalue weighted by atomic mass is 10.0. The number of likely N-dealkylation sites (tertiary alicyclic amines) is 1. The molecule has 1 atom stereocenters. The lowest BCUT2D eigenvalue weighted by Crippen LogP contribution is -2.48. The quantitative estimate of drug-likeness (QED) is 0.753. The molecule has 2 N–H and O–H groups in total. The topological polar surface area (TPSA) is 87.2 Å². The van der Waals surface area contributed by atoms with Crippen LogP contribution in [0.3, 0.4) is 0 Å². The van der Waals surface area contributed by atoms with Gasteiger partial charge >= 0.3 is 5.69 Å². The summed E-state index contributed by atoms with van der Waals surface area (Å²) < 4.78 is 1.34. The van der Waals surface area contributed by atoms with Gasteiger partial charge < -0.3 is 14.8 Å². The summed E-state index contributed by atoms with van der Waals surface area (Å²) in [6, 6.07) is 11.9. The van der Waals surface area contributed by atoms with E-state index in [1.807, 2.05) is 6.07 Å². The Labute approximate surface area is 158 Å². The number of piperidine rings is 1. The fourth-order valence-electron chi connectivity index (χ4n) is 3.45. The summed E-state index contributed by atoms with van der Waals surface area (Å²) in [5.41, 5.74) is 0.411. The number of aromatic amines is 1. The molecule has 7 nitrogen and oxygen atoms in total. The van der Waals surface area contributed by atoms with E-state index in [-0.39, 0.29) is 24.9 Å². The average Bonchev–Trinajstić information content (AvgIpc) is 2.67. The first-order chi connectivity index (χ1) is 13.1. The minimum atomic E-state index is -0.486. The SMILES string of the molecule is O=C(CCn1ccc(=O)[nH]c1=O)N[C@H]1CCCN(CCc2ccccc2)C1. The highest BCUT2D eigenvalue weighted by atomic mass is 16.2. The van der Waals surface area contributed by atoms with Crippen molar-refractivity contribution in [2.75, 3.05) is 19.6 Å². The standard InChI is InChI=1S/C20H26N4O3/c25-18(9-13-24-14-10-19(26)22-20(24)27)21-17-7-4-11-23(15-17)12-8-16-5-2-1-3-6-16/h1-3,5-6,10,14,17H,4,7-9,11-13,15H2,(H,21,25)(H,22,26,27)/t17-/m0/s1. The summed E-state index contributed by atoms with van der Waals surface area (Å²) in [6.45, 7) is 3.16. The van der Waals surface area contributed by atoms with Gasteiger partial charge in [-0.15, -0.1) is 0 Å². The van der Waals surface area contributed by atoms with E-state index in [1.165, 1.54) is 22.4 Å². The molecule has 2 aromatic rings. The number of hydrogen-bond acceptors (Lipinski definition) is 4. The van der Waals surface area contributed by atoms with Crippen LogP contribution >= 0.6 is 0 Å². The van der Waals surface area contributed by atoms with Crippen molar-refractivity contribution in [2.45, 2.75) is 38.3 Å². The van der Waals surface area contributed by atoms with Crippen molar-refractivity contribution in [3.63, 3.8) is 0 Å². The van der Waals surface area contributed by atoms with Crippen molar-refractivity contribution in [1.29, 1.82) is 0 Å². The Balaban J connectivity index is 1.43. The van der Waals surface area contributed by atoms with Gasteiger partial charge in [-0.2, -0.15) is 0 Å². The number of aromatic nitrogens is 2. The molecule has 2 heterocycles. The second kappa shape index (κ2) is 9.32. The van der Waals surface area contributed by atoms with E-state index < -0.39 is 11.2 Å². The van der Waals surface area contributed by atoms with Crippen LogP contribution in [0.1, 0.15) is 24.8 Å². The number of amides is 1. The number of aryl methyl sites for hydroxylation is 1. The zero-order chi connectivity index (χ0) is 19.1. The molecule has 3 rings (SSSR count). The average molecular weight is 370 g/mol. The monoisotopic (exact) mass is 370 g/mol. The van der Waals surface area contributed by atoms with Crippen LogP contribution in [-0.2, 0) is 17.8 Å². The van der Waals surface area contributed by atoms with Gasteiger partial charge in [0, 0.05) is 44.4 Å². The number of nitrogens with one attached hydrogen (secondary N) is 2. The molecule has 0 saturated carbocycles. The third-order valence-corrected chi connectivity index (χ3v) is 4.91. The second-order valence-electron chi connectivity index (χ2n) is 7.00. The molecular formula is C20H26N4O3. The van der Waals surface area contributed by atoms with Crippen LogP contribution in [0.25, 0.3) is 0 Å². The highest BCUT2D eigenvalue weighted by Gasteiger charge is 2.21. The molecular weight excluding hydrogens is 344 g/mol. The predicted octanol–water partition coefficient (Wildman–Crippen LogP) is 0.750. The van der Waals surface area contributed by atoms with Crippen LogP contribution in [-0.4, -0.2) is 46.0 Å². The maximum Gasteiger partial charge on any atom is 0.328 e. The molecule has 0 unspecified atom stereocenters. The molecule has 1 aromatic carbocycles. The van der Waals surface area contributed by atoms with Crippen molar-refractivity contribution in [3.05, 3.63) is 69.0 Å². The van der Waals surface area contributed by atoms with Crippen LogP contribution in [0, 0.1) is 0 Å². The number of carbonyl (C=O) groups excluding carboxylic acids is 1. The zero-order valence-corrected chi connectivity index (χ0v) is 15.4. The summed E-state index contributed by atoms with van der Waals surface area (Å²) in [4.78, 5) is 39.5. The smallest absolute Gasteiger partial charge is 0.328 e. The van der Waals surface area contributed by atoms with E-state index in [4.69, 9.17) is 0 Å². The minimum absolute atomic E-state index is 0.0667. The Kier molecular flexibility index (Phi) is 6.59. The fraction of sp³-hybridized carbons (Fsp3) is 0.450. The van der Waals surface area contributed by atoms with E-state index in [0.717, 1.165) is 38.9 Å². The van der Waals surface area contributed by atoms with Crippen molar-refractivity contribution in [3.8, 4) is 0 Å². The number of rotatable bonds is 7. The molecule has 0 aliphatic carbocycles. The number of carbonyl (C=O) groups is 1. The Morgan fingerprint density at radius 1 is 1.15 bits per heavy atom. The van der Waals surface area contributed by atoms with Crippen molar-refractivity contribution >= 4 is 5.91 Å². The highest BCUT2D eigenvalue weighted by Crippen LogP contribution is 2.11. The molecule has 1 aromatic heterocycles. The number of hydrogen-bond donors (Lipinski definition) is 2. The van der Waals surface area contributed by atoms with Gasteiger partial charge in [-0.3, -0.25) is 14.6 Å². The molecule has 1 aliphatic rings. The van der Waals surface area contributed by atoms with Gasteiger partial charge in [0.05, 0.1) is 0 Å². The van der Waals surface area contributed by atoms with Gasteiger partial charge in [0.25, 0.3) is 5.56 Å². The molecule has 27 heavy (non-hydrogen) atoms. The second-order valence-corrected chi connectivity index (χ2v) is 7.00. The van der Waals surface area contributed by atoms with Gasteiger partial charge in [-0.05, 0) is 31.4 Å². The number of H-pyrrole nitrogens is 1. The summed E-state index contributed by atoms with van der Waals surface area (Å²) in [5.74, 6) is -0.0667.